The molecule has 4 aromatic rings. The van der Waals surface area contributed by atoms with E-state index in [0.717, 1.165) is 44.5 Å². The molecule has 1 aromatic heterocycles. The lowest BCUT2D eigenvalue weighted by Gasteiger charge is -2.13. The van der Waals surface area contributed by atoms with Gasteiger partial charge in [0.15, 0.2) is 0 Å². The average Bonchev–Trinajstić information content (AvgIpc) is 3.28. The smallest absolute Gasteiger partial charge is 0.250 e. The highest BCUT2D eigenvalue weighted by Crippen LogP contribution is 2.36. The molecule has 6 N–H and O–H groups in total. The maximum Gasteiger partial charge on any atom is 0.250 e. The van der Waals surface area contributed by atoms with Crippen LogP contribution in [0.15, 0.2) is 79.0 Å². The topological polar surface area (TPSA) is 117 Å². The lowest BCUT2D eigenvalue weighted by atomic mass is 9.95. The molecular formula is C27H27N5O2. The molecule has 0 saturated carbocycles. The zero-order valence-corrected chi connectivity index (χ0v) is 19.1. The fourth-order valence-electron chi connectivity index (χ4n) is 3.88. The van der Waals surface area contributed by atoms with E-state index in [0.29, 0.717) is 12.1 Å². The zero-order chi connectivity index (χ0) is 24.2. The van der Waals surface area contributed by atoms with Crippen LogP contribution in [0.1, 0.15) is 15.9 Å². The molecule has 3 aromatic carbocycles. The Balaban J connectivity index is 0.000000486. The van der Waals surface area contributed by atoms with E-state index in [1.807, 2.05) is 44.4 Å². The Bertz CT molecular complexity index is 1400. The van der Waals surface area contributed by atoms with E-state index in [2.05, 4.69) is 45.5 Å². The summed E-state index contributed by atoms with van der Waals surface area (Å²) >= 11 is 0. The molecule has 2 heterocycles. The maximum atomic E-state index is 12.1. The number of nitrogens with two attached hydrogens (primary N) is 2. The molecule has 172 valence electrons. The zero-order valence-electron chi connectivity index (χ0n) is 19.1. The molecule has 1 aliphatic rings. The minimum absolute atomic E-state index is 0.00463. The van der Waals surface area contributed by atoms with Crippen molar-refractivity contribution in [3.63, 3.8) is 0 Å². The lowest BCUT2D eigenvalue weighted by molar-refractivity contribution is -0.117. The normalized spacial score (nSPS) is 11.9. The molecular weight excluding hydrogens is 426 g/mol. The summed E-state index contributed by atoms with van der Waals surface area (Å²) in [7, 11) is 4.02. The first-order valence-electron chi connectivity index (χ1n) is 10.9. The number of rotatable bonds is 5. The molecule has 5 rings (SSSR count). The highest BCUT2D eigenvalue weighted by atomic mass is 16.2. The second-order valence-corrected chi connectivity index (χ2v) is 8.14. The molecule has 34 heavy (non-hydrogen) atoms. The molecule has 0 aliphatic carbocycles. The van der Waals surface area contributed by atoms with E-state index in [4.69, 9.17) is 11.5 Å². The van der Waals surface area contributed by atoms with E-state index in [1.54, 1.807) is 12.3 Å². The molecule has 7 heteroatoms. The number of hydrogen-bond acceptors (Lipinski definition) is 4. The van der Waals surface area contributed by atoms with Gasteiger partial charge in [0.2, 0.25) is 5.91 Å². The number of benzene rings is 3. The van der Waals surface area contributed by atoms with Crippen molar-refractivity contribution < 1.29 is 9.59 Å². The number of H-pyrrole nitrogens is 1. The first kappa shape index (κ1) is 22.8. The third-order valence-electron chi connectivity index (χ3n) is 5.72. The minimum Gasteiger partial charge on any atom is -0.378 e. The molecule has 0 spiro atoms. The number of carbonyl (C=O) groups excluding carboxylic acids is 2. The summed E-state index contributed by atoms with van der Waals surface area (Å²) < 4.78 is 0. The van der Waals surface area contributed by atoms with Crippen molar-refractivity contribution in [3.05, 3.63) is 90.1 Å². The summed E-state index contributed by atoms with van der Waals surface area (Å²) in [6, 6.07) is 22.1. The quantitative estimate of drug-likeness (QED) is 0.368. The predicted molar refractivity (Wildman–Crippen MR) is 137 cm³/mol. The van der Waals surface area contributed by atoms with E-state index >= 15 is 0 Å². The molecule has 2 amide bonds. The first-order chi connectivity index (χ1) is 16.4. The number of hydrogen-bond donors (Lipinski definition) is 4. The summed E-state index contributed by atoms with van der Waals surface area (Å²) in [5.74, 6) is -0.450. The van der Waals surface area contributed by atoms with Gasteiger partial charge in [0.1, 0.15) is 0 Å². The fraction of sp³-hybridized carbons (Fsp3) is 0.111. The van der Waals surface area contributed by atoms with Crippen LogP contribution < -0.4 is 21.7 Å². The predicted octanol–water partition coefficient (Wildman–Crippen LogP) is 3.76. The fourth-order valence-corrected chi connectivity index (χ4v) is 3.88. The van der Waals surface area contributed by atoms with Crippen LogP contribution in [0, 0.1) is 0 Å². The number of nitrogens with one attached hydrogen (secondary N) is 2. The Morgan fingerprint density at radius 3 is 2.32 bits per heavy atom. The third kappa shape index (κ3) is 4.55. The molecule has 0 fully saturated rings. The SMILES string of the molecule is CN(C)c1cccc(-c2cc3c(-c4ccccc4CN)ccc(C(N)=O)c3[nH]2)c1.O=C1C=CN1. The number of aromatic nitrogens is 1. The summed E-state index contributed by atoms with van der Waals surface area (Å²) in [5, 5.41) is 3.34. The van der Waals surface area contributed by atoms with Gasteiger partial charge < -0.3 is 26.7 Å². The molecule has 0 radical (unpaired) electrons. The maximum absolute atomic E-state index is 12.1. The number of primary amides is 1. The number of nitrogens with zero attached hydrogens (tertiary/aromatic N) is 1. The number of carbonyl (C=O) groups is 2. The van der Waals surface area contributed by atoms with Gasteiger partial charge in [-0.25, -0.2) is 0 Å². The number of aromatic amines is 1. The van der Waals surface area contributed by atoms with Crippen LogP contribution >= 0.6 is 0 Å². The van der Waals surface area contributed by atoms with Gasteiger partial charge in [0, 0.05) is 49.7 Å². The van der Waals surface area contributed by atoms with Gasteiger partial charge in [-0.1, -0.05) is 42.5 Å². The van der Waals surface area contributed by atoms with Gasteiger partial charge in [0.05, 0.1) is 11.1 Å². The van der Waals surface area contributed by atoms with Crippen molar-refractivity contribution >= 4 is 28.4 Å². The summed E-state index contributed by atoms with van der Waals surface area (Å²) in [6.07, 6.45) is 3.07. The van der Waals surface area contributed by atoms with Gasteiger partial charge in [-0.05, 0) is 46.5 Å². The van der Waals surface area contributed by atoms with Crippen molar-refractivity contribution in [2.75, 3.05) is 19.0 Å². The molecule has 0 saturated heterocycles. The van der Waals surface area contributed by atoms with E-state index in [1.165, 1.54) is 6.08 Å². The summed E-state index contributed by atoms with van der Waals surface area (Å²) in [4.78, 5) is 27.2. The van der Waals surface area contributed by atoms with Crippen molar-refractivity contribution in [3.8, 4) is 22.4 Å². The van der Waals surface area contributed by atoms with Crippen LogP contribution in [0.25, 0.3) is 33.3 Å². The van der Waals surface area contributed by atoms with Crippen molar-refractivity contribution in [1.82, 2.24) is 10.3 Å². The number of amides is 2. The molecule has 0 atom stereocenters. The van der Waals surface area contributed by atoms with Crippen molar-refractivity contribution in [1.29, 1.82) is 0 Å². The molecule has 1 aliphatic heterocycles. The number of fused-ring (bicyclic) bond motifs is 1. The summed E-state index contributed by atoms with van der Waals surface area (Å²) in [5.41, 5.74) is 19.1. The third-order valence-corrected chi connectivity index (χ3v) is 5.72. The Morgan fingerprint density at radius 2 is 1.71 bits per heavy atom. The van der Waals surface area contributed by atoms with Crippen LogP contribution in [0.3, 0.4) is 0 Å². The van der Waals surface area contributed by atoms with Crippen molar-refractivity contribution in [2.24, 2.45) is 11.5 Å². The minimum atomic E-state index is -0.455. The number of anilines is 1. The van der Waals surface area contributed by atoms with E-state index < -0.39 is 5.91 Å². The summed E-state index contributed by atoms with van der Waals surface area (Å²) in [6.45, 7) is 0.442. The standard InChI is InChI=1S/C24H24N4O.C3H3NO/c1-28(2)17-8-5-7-15(12-17)22-13-21-19(18-9-4-3-6-16(18)14-25)10-11-20(24(26)29)23(21)27-22;5-3-1-2-4-3/h3-13,27H,14,25H2,1-2H3,(H2,26,29);1-2H,(H,4,5). The van der Waals surface area contributed by atoms with Crippen LogP contribution in [-0.2, 0) is 11.3 Å². The molecule has 0 bridgehead atoms. The van der Waals surface area contributed by atoms with E-state index in [-0.39, 0.29) is 5.91 Å². The van der Waals surface area contributed by atoms with Gasteiger partial charge in [-0.2, -0.15) is 0 Å². The first-order valence-corrected chi connectivity index (χ1v) is 10.9. The monoisotopic (exact) mass is 453 g/mol. The average molecular weight is 454 g/mol. The lowest BCUT2D eigenvalue weighted by Crippen LogP contribution is -2.22. The Hall–Kier alpha value is -4.36. The van der Waals surface area contributed by atoms with Gasteiger partial charge in [-0.15, -0.1) is 0 Å². The van der Waals surface area contributed by atoms with Crippen LogP contribution in [0.2, 0.25) is 0 Å². The van der Waals surface area contributed by atoms with Crippen molar-refractivity contribution in [2.45, 2.75) is 6.54 Å². The van der Waals surface area contributed by atoms with Crippen LogP contribution in [-0.4, -0.2) is 30.9 Å². The molecule has 0 unspecified atom stereocenters. The highest BCUT2D eigenvalue weighted by Gasteiger charge is 2.16. The van der Waals surface area contributed by atoms with Gasteiger partial charge in [-0.3, -0.25) is 9.59 Å². The highest BCUT2D eigenvalue weighted by molar-refractivity contribution is 6.10. The Morgan fingerprint density at radius 1 is 0.971 bits per heavy atom. The molecule has 7 nitrogen and oxygen atoms in total. The van der Waals surface area contributed by atoms with Crippen LogP contribution in [0.5, 0.6) is 0 Å². The van der Waals surface area contributed by atoms with Gasteiger partial charge in [0.25, 0.3) is 5.91 Å². The van der Waals surface area contributed by atoms with Gasteiger partial charge >= 0.3 is 0 Å². The van der Waals surface area contributed by atoms with E-state index in [9.17, 15) is 9.59 Å². The second kappa shape index (κ2) is 9.64. The Labute approximate surface area is 198 Å². The second-order valence-electron chi connectivity index (χ2n) is 8.14. The Kier molecular flexibility index (Phi) is 6.47. The van der Waals surface area contributed by atoms with Crippen LogP contribution in [0.4, 0.5) is 5.69 Å². The largest absolute Gasteiger partial charge is 0.378 e.